The molecule has 1 aliphatic carbocycles. The first-order valence-electron chi connectivity index (χ1n) is 9.43. The number of sulfonamides is 1. The zero-order chi connectivity index (χ0) is 20.4. The molecule has 1 aliphatic heterocycles. The predicted molar refractivity (Wildman–Crippen MR) is 106 cm³/mol. The summed E-state index contributed by atoms with van der Waals surface area (Å²) in [5.74, 6) is 2.14. The molecule has 0 unspecified atom stereocenters. The number of benzene rings is 1. The van der Waals surface area contributed by atoms with E-state index in [1.54, 1.807) is 0 Å². The number of primary sulfonamides is 1. The maximum atomic E-state index is 13.4. The summed E-state index contributed by atoms with van der Waals surface area (Å²) in [6, 6.07) is 3.14. The second-order valence-corrected chi connectivity index (χ2v) is 10.2. The number of hydrogen-bond acceptors (Lipinski definition) is 5. The number of nitrogens with zero attached hydrogens (tertiary/aromatic N) is 1. The van der Waals surface area contributed by atoms with E-state index in [0.717, 1.165) is 62.4 Å². The van der Waals surface area contributed by atoms with Gasteiger partial charge in [0.2, 0.25) is 10.0 Å². The van der Waals surface area contributed by atoms with Gasteiger partial charge in [0.15, 0.2) is 0 Å². The van der Waals surface area contributed by atoms with E-state index in [2.05, 4.69) is 10.2 Å². The van der Waals surface area contributed by atoms with Gasteiger partial charge >= 0.3 is 6.18 Å². The topological polar surface area (TPSA) is 75.4 Å². The van der Waals surface area contributed by atoms with Gasteiger partial charge in [-0.3, -0.25) is 4.90 Å². The van der Waals surface area contributed by atoms with Gasteiger partial charge in [0.05, 0.1) is 10.5 Å². The van der Waals surface area contributed by atoms with Crippen LogP contribution in [0, 0.1) is 0 Å². The van der Waals surface area contributed by atoms with E-state index in [0.29, 0.717) is 6.54 Å². The van der Waals surface area contributed by atoms with Gasteiger partial charge in [-0.05, 0) is 31.0 Å². The Balaban J connectivity index is 1.83. The molecule has 0 spiro atoms. The molecule has 0 bridgehead atoms. The lowest BCUT2D eigenvalue weighted by Gasteiger charge is -2.48. The van der Waals surface area contributed by atoms with Crippen LogP contribution in [0.5, 0.6) is 0 Å². The fraction of sp³-hybridized carbons (Fsp3) is 0.667. The Morgan fingerprint density at radius 1 is 1.14 bits per heavy atom. The molecule has 3 rings (SSSR count). The van der Waals surface area contributed by atoms with Crippen molar-refractivity contribution in [1.82, 2.24) is 4.90 Å². The quantitative estimate of drug-likeness (QED) is 0.737. The largest absolute Gasteiger partial charge is 0.417 e. The van der Waals surface area contributed by atoms with E-state index >= 15 is 0 Å². The third-order valence-corrected chi connectivity index (χ3v) is 7.59. The van der Waals surface area contributed by atoms with Crippen molar-refractivity contribution in [3.8, 4) is 0 Å². The highest BCUT2D eigenvalue weighted by molar-refractivity contribution is 7.99. The molecule has 1 aromatic carbocycles. The summed E-state index contributed by atoms with van der Waals surface area (Å²) in [6.07, 6.45) is 0.656. The maximum absolute atomic E-state index is 13.4. The number of nitrogens with one attached hydrogen (secondary N) is 1. The normalized spacial score (nSPS) is 21.4. The first-order chi connectivity index (χ1) is 13.1. The summed E-state index contributed by atoms with van der Waals surface area (Å²) in [5.41, 5.74) is -1.03. The molecule has 2 aliphatic rings. The number of halogens is 3. The van der Waals surface area contributed by atoms with Crippen molar-refractivity contribution in [2.24, 2.45) is 5.14 Å². The summed E-state index contributed by atoms with van der Waals surface area (Å²) in [4.78, 5) is 1.59. The van der Waals surface area contributed by atoms with Crippen LogP contribution in [0.4, 0.5) is 18.9 Å². The average molecular weight is 438 g/mol. The molecule has 1 saturated carbocycles. The predicted octanol–water partition coefficient (Wildman–Crippen LogP) is 3.52. The van der Waals surface area contributed by atoms with Gasteiger partial charge in [-0.25, -0.2) is 13.6 Å². The molecule has 0 aromatic heterocycles. The van der Waals surface area contributed by atoms with Gasteiger partial charge < -0.3 is 5.32 Å². The SMILES string of the molecule is NS(=O)(=O)c1ccc(NCC2(N3CCSCC3)CCCCC2)cc1C(F)(F)F. The summed E-state index contributed by atoms with van der Waals surface area (Å²) in [7, 11) is -4.46. The molecule has 1 aromatic rings. The van der Waals surface area contributed by atoms with E-state index in [9.17, 15) is 21.6 Å². The highest BCUT2D eigenvalue weighted by Crippen LogP contribution is 2.38. The lowest BCUT2D eigenvalue weighted by atomic mass is 9.80. The number of thioether (sulfide) groups is 1. The number of rotatable bonds is 5. The van der Waals surface area contributed by atoms with Crippen molar-refractivity contribution in [3.05, 3.63) is 23.8 Å². The molecule has 0 radical (unpaired) electrons. The van der Waals surface area contributed by atoms with Crippen LogP contribution < -0.4 is 10.5 Å². The van der Waals surface area contributed by atoms with E-state index < -0.39 is 26.7 Å². The van der Waals surface area contributed by atoms with Crippen LogP contribution in [0.2, 0.25) is 0 Å². The van der Waals surface area contributed by atoms with Gasteiger partial charge in [-0.1, -0.05) is 19.3 Å². The molecule has 5 nitrogen and oxygen atoms in total. The molecule has 1 heterocycles. The molecule has 3 N–H and O–H groups in total. The molecule has 28 heavy (non-hydrogen) atoms. The molecule has 158 valence electrons. The third kappa shape index (κ3) is 4.95. The monoisotopic (exact) mass is 437 g/mol. The van der Waals surface area contributed by atoms with Crippen molar-refractivity contribution < 1.29 is 21.6 Å². The molecule has 10 heteroatoms. The smallest absolute Gasteiger partial charge is 0.383 e. The van der Waals surface area contributed by atoms with Gasteiger partial charge in [0, 0.05) is 42.4 Å². The lowest BCUT2D eigenvalue weighted by molar-refractivity contribution is -0.139. The standard InChI is InChI=1S/C18H26F3N3O2S2/c19-18(20,21)15-12-14(4-5-16(15)28(22,25)26)23-13-17(6-2-1-3-7-17)24-8-10-27-11-9-24/h4-5,12,23H,1-3,6-11,13H2,(H2,22,25,26). The maximum Gasteiger partial charge on any atom is 0.417 e. The van der Waals surface area contributed by atoms with E-state index in [1.165, 1.54) is 12.5 Å². The van der Waals surface area contributed by atoms with Crippen LogP contribution in [0.3, 0.4) is 0 Å². The minimum atomic E-state index is -4.80. The molecular weight excluding hydrogens is 411 g/mol. The van der Waals surface area contributed by atoms with E-state index in [-0.39, 0.29) is 11.2 Å². The average Bonchev–Trinajstić information content (AvgIpc) is 2.66. The second kappa shape index (κ2) is 8.41. The van der Waals surface area contributed by atoms with E-state index in [1.807, 2.05) is 11.8 Å². The summed E-state index contributed by atoms with van der Waals surface area (Å²) in [5, 5.41) is 8.12. The number of alkyl halides is 3. The minimum absolute atomic E-state index is 0.0593. The Morgan fingerprint density at radius 2 is 1.79 bits per heavy atom. The van der Waals surface area contributed by atoms with Gasteiger partial charge in [-0.15, -0.1) is 0 Å². The molecule has 1 saturated heterocycles. The lowest BCUT2D eigenvalue weighted by Crippen LogP contribution is -2.57. The summed E-state index contributed by atoms with van der Waals surface area (Å²) >= 11 is 1.93. The van der Waals surface area contributed by atoms with Gasteiger partial charge in [-0.2, -0.15) is 24.9 Å². The minimum Gasteiger partial charge on any atom is -0.383 e. The highest BCUT2D eigenvalue weighted by atomic mass is 32.2. The van der Waals surface area contributed by atoms with Gasteiger partial charge in [0.1, 0.15) is 0 Å². The molecule has 2 fully saturated rings. The number of hydrogen-bond donors (Lipinski definition) is 2. The van der Waals surface area contributed by atoms with Crippen molar-refractivity contribution in [2.75, 3.05) is 36.5 Å². The Labute approximate surface area is 168 Å². The second-order valence-electron chi connectivity index (χ2n) is 7.49. The zero-order valence-corrected chi connectivity index (χ0v) is 17.2. The number of anilines is 1. The van der Waals surface area contributed by atoms with Crippen LogP contribution in [0.15, 0.2) is 23.1 Å². The molecule has 0 amide bonds. The zero-order valence-electron chi connectivity index (χ0n) is 15.6. The molecular formula is C18H26F3N3O2S2. The first kappa shape index (κ1) is 21.7. The summed E-state index contributed by atoms with van der Waals surface area (Å²) < 4.78 is 63.1. The molecule has 0 atom stereocenters. The van der Waals surface area contributed by atoms with Crippen LogP contribution in [-0.4, -0.2) is 50.0 Å². The first-order valence-corrected chi connectivity index (χ1v) is 12.1. The summed E-state index contributed by atoms with van der Waals surface area (Å²) in [6.45, 7) is 2.53. The Kier molecular flexibility index (Phi) is 6.53. The van der Waals surface area contributed by atoms with Crippen LogP contribution >= 0.6 is 11.8 Å². The highest BCUT2D eigenvalue weighted by Gasteiger charge is 2.39. The number of nitrogens with two attached hydrogens (primary N) is 1. The van der Waals surface area contributed by atoms with Gasteiger partial charge in [0.25, 0.3) is 0 Å². The van der Waals surface area contributed by atoms with E-state index in [4.69, 9.17) is 5.14 Å². The Hall–Kier alpha value is -0.970. The fourth-order valence-electron chi connectivity index (χ4n) is 4.23. The fourth-order valence-corrected chi connectivity index (χ4v) is 5.87. The van der Waals surface area contributed by atoms with Crippen LogP contribution in [0.25, 0.3) is 0 Å². The van der Waals surface area contributed by atoms with Crippen LogP contribution in [0.1, 0.15) is 37.7 Å². The third-order valence-electron chi connectivity index (χ3n) is 5.68. The van der Waals surface area contributed by atoms with Crippen molar-refractivity contribution >= 4 is 27.5 Å². The van der Waals surface area contributed by atoms with Crippen molar-refractivity contribution in [1.29, 1.82) is 0 Å². The Morgan fingerprint density at radius 3 is 2.36 bits per heavy atom. The Bertz CT molecular complexity index is 788. The van der Waals surface area contributed by atoms with Crippen molar-refractivity contribution in [3.63, 3.8) is 0 Å². The van der Waals surface area contributed by atoms with Crippen molar-refractivity contribution in [2.45, 2.75) is 48.7 Å². The van der Waals surface area contributed by atoms with Crippen LogP contribution in [-0.2, 0) is 16.2 Å².